The Hall–Kier alpha value is -3.20. The van der Waals surface area contributed by atoms with Gasteiger partial charge in [-0.25, -0.2) is 0 Å². The molecule has 0 aliphatic heterocycles. The molecule has 0 radical (unpaired) electrons. The predicted octanol–water partition coefficient (Wildman–Crippen LogP) is 3.31. The van der Waals surface area contributed by atoms with Gasteiger partial charge in [0.2, 0.25) is 5.91 Å². The van der Waals surface area contributed by atoms with E-state index in [9.17, 15) is 14.7 Å². The summed E-state index contributed by atoms with van der Waals surface area (Å²) < 4.78 is 2.08. The Bertz CT molecular complexity index is 1060. The number of phenolic OH excluding ortho intramolecular Hbond substituents is 1. The van der Waals surface area contributed by atoms with Crippen LogP contribution >= 0.6 is 11.8 Å². The van der Waals surface area contributed by atoms with E-state index >= 15 is 0 Å². The van der Waals surface area contributed by atoms with Crippen LogP contribution in [0.4, 0.5) is 5.69 Å². The first-order valence-corrected chi connectivity index (χ1v) is 10.1. The Morgan fingerprint density at radius 2 is 2.10 bits per heavy atom. The summed E-state index contributed by atoms with van der Waals surface area (Å²) in [6.07, 6.45) is 5.58. The van der Waals surface area contributed by atoms with E-state index in [0.29, 0.717) is 16.8 Å². The second-order valence-electron chi connectivity index (χ2n) is 6.77. The van der Waals surface area contributed by atoms with Crippen LogP contribution in [0.2, 0.25) is 0 Å². The van der Waals surface area contributed by atoms with Gasteiger partial charge in [-0.2, -0.15) is 0 Å². The molecule has 0 unspecified atom stereocenters. The second kappa shape index (κ2) is 8.04. The maximum Gasteiger partial charge on any atom is 0.221 e. The Labute approximate surface area is 171 Å². The van der Waals surface area contributed by atoms with Crippen LogP contribution in [0.3, 0.4) is 0 Å². The van der Waals surface area contributed by atoms with Crippen LogP contribution in [0.25, 0.3) is 11.4 Å². The fraction of sp³-hybridized carbons (Fsp3) is 0.250. The van der Waals surface area contributed by atoms with E-state index < -0.39 is 0 Å². The van der Waals surface area contributed by atoms with Crippen LogP contribution in [0.5, 0.6) is 5.75 Å². The highest BCUT2D eigenvalue weighted by atomic mass is 32.2. The summed E-state index contributed by atoms with van der Waals surface area (Å²) in [5.74, 6) is 0.393. The van der Waals surface area contributed by atoms with Gasteiger partial charge in [0.15, 0.2) is 16.8 Å². The number of ketones is 1. The highest BCUT2D eigenvalue weighted by molar-refractivity contribution is 7.99. The molecule has 2 N–H and O–H groups in total. The molecule has 0 saturated heterocycles. The van der Waals surface area contributed by atoms with Gasteiger partial charge in [0.1, 0.15) is 5.75 Å². The molecule has 1 saturated carbocycles. The largest absolute Gasteiger partial charge is 0.506 e. The Morgan fingerprint density at radius 3 is 2.79 bits per heavy atom. The fourth-order valence-corrected chi connectivity index (χ4v) is 3.84. The lowest BCUT2D eigenvalue weighted by molar-refractivity contribution is -0.114. The zero-order valence-corrected chi connectivity index (χ0v) is 16.5. The van der Waals surface area contributed by atoms with Crippen LogP contribution in [0, 0.1) is 0 Å². The first-order valence-electron chi connectivity index (χ1n) is 9.15. The Balaban J connectivity index is 1.52. The summed E-state index contributed by atoms with van der Waals surface area (Å²) in [5.41, 5.74) is 1.51. The van der Waals surface area contributed by atoms with Crippen molar-refractivity contribution in [2.45, 2.75) is 31.0 Å². The zero-order chi connectivity index (χ0) is 20.4. The Morgan fingerprint density at radius 1 is 1.28 bits per heavy atom. The molecule has 4 rings (SSSR count). The summed E-state index contributed by atoms with van der Waals surface area (Å²) in [4.78, 5) is 28.1. The van der Waals surface area contributed by atoms with E-state index in [0.717, 1.165) is 24.2 Å². The highest BCUT2D eigenvalue weighted by Crippen LogP contribution is 2.41. The molecule has 3 aromatic rings. The van der Waals surface area contributed by atoms with Crippen LogP contribution in [0.15, 0.2) is 47.9 Å². The molecule has 0 bridgehead atoms. The van der Waals surface area contributed by atoms with Crippen molar-refractivity contribution in [2.75, 3.05) is 11.1 Å². The minimum atomic E-state index is -0.320. The number of benzene rings is 1. The minimum Gasteiger partial charge on any atom is -0.506 e. The average molecular weight is 409 g/mol. The van der Waals surface area contributed by atoms with Crippen molar-refractivity contribution in [3.63, 3.8) is 0 Å². The molecular weight excluding hydrogens is 390 g/mol. The maximum absolute atomic E-state index is 12.7. The van der Waals surface area contributed by atoms with Gasteiger partial charge in [-0.15, -0.1) is 10.2 Å². The normalized spacial score (nSPS) is 13.3. The van der Waals surface area contributed by atoms with Crippen LogP contribution in [-0.4, -0.2) is 42.3 Å². The van der Waals surface area contributed by atoms with Crippen molar-refractivity contribution in [1.29, 1.82) is 0 Å². The van der Waals surface area contributed by atoms with Gasteiger partial charge < -0.3 is 10.4 Å². The molecule has 148 valence electrons. The third-order valence-electron chi connectivity index (χ3n) is 4.46. The number of pyridine rings is 1. The number of amides is 1. The molecule has 2 heterocycles. The number of carbonyl (C=O) groups excluding carboxylic acids is 2. The summed E-state index contributed by atoms with van der Waals surface area (Å²) in [5, 5.41) is 21.6. The van der Waals surface area contributed by atoms with E-state index in [-0.39, 0.29) is 28.9 Å². The number of hydrogen-bond donors (Lipinski definition) is 2. The van der Waals surface area contributed by atoms with Crippen molar-refractivity contribution in [2.24, 2.45) is 0 Å². The topological polar surface area (TPSA) is 110 Å². The van der Waals surface area contributed by atoms with E-state index in [1.54, 1.807) is 12.4 Å². The van der Waals surface area contributed by atoms with Gasteiger partial charge in [-0.05, 0) is 43.2 Å². The lowest BCUT2D eigenvalue weighted by atomic mass is 10.1. The average Bonchev–Trinajstić information content (AvgIpc) is 3.47. The number of aromatic nitrogens is 4. The number of Topliss-reactive ketones (excluding diaryl/α,β-unsaturated/α-hetero) is 1. The minimum absolute atomic E-state index is 0.0843. The zero-order valence-electron chi connectivity index (χ0n) is 15.7. The van der Waals surface area contributed by atoms with Crippen molar-refractivity contribution >= 4 is 29.1 Å². The maximum atomic E-state index is 12.7. The molecule has 1 aliphatic carbocycles. The molecule has 8 nitrogen and oxygen atoms in total. The van der Waals surface area contributed by atoms with E-state index in [4.69, 9.17) is 0 Å². The van der Waals surface area contributed by atoms with Gasteiger partial charge in [-0.3, -0.25) is 19.1 Å². The first kappa shape index (κ1) is 19.1. The van der Waals surface area contributed by atoms with Crippen molar-refractivity contribution in [3.05, 3.63) is 48.3 Å². The fourth-order valence-electron chi connectivity index (χ4n) is 2.94. The third-order valence-corrected chi connectivity index (χ3v) is 5.40. The monoisotopic (exact) mass is 409 g/mol. The third kappa shape index (κ3) is 4.29. The van der Waals surface area contributed by atoms with Crippen molar-refractivity contribution in [1.82, 2.24) is 19.7 Å². The Kier molecular flexibility index (Phi) is 5.30. The predicted molar refractivity (Wildman–Crippen MR) is 109 cm³/mol. The second-order valence-corrected chi connectivity index (χ2v) is 7.72. The van der Waals surface area contributed by atoms with E-state index in [1.165, 1.54) is 36.9 Å². The van der Waals surface area contributed by atoms with Gasteiger partial charge >= 0.3 is 0 Å². The molecule has 1 aromatic carbocycles. The molecule has 0 spiro atoms. The number of phenols is 1. The number of anilines is 1. The molecule has 1 fully saturated rings. The number of carbonyl (C=O) groups is 2. The smallest absolute Gasteiger partial charge is 0.221 e. The number of aromatic hydroxyl groups is 1. The highest BCUT2D eigenvalue weighted by Gasteiger charge is 2.30. The van der Waals surface area contributed by atoms with Crippen LogP contribution in [0.1, 0.15) is 36.2 Å². The molecule has 9 heteroatoms. The molecule has 0 atom stereocenters. The summed E-state index contributed by atoms with van der Waals surface area (Å²) >= 11 is 1.33. The lowest BCUT2D eigenvalue weighted by Gasteiger charge is -2.09. The standard InChI is InChI=1S/C20H19N5O3S/c1-12(26)22-16-9-13(4-7-17(16)27)18(28)11-29-20-24-23-19(25(20)15-5-6-15)14-3-2-8-21-10-14/h2-4,7-10,15,27H,5-6,11H2,1H3,(H,22,26). The summed E-state index contributed by atoms with van der Waals surface area (Å²) in [7, 11) is 0. The number of nitrogens with one attached hydrogen (secondary N) is 1. The number of thioether (sulfide) groups is 1. The SMILES string of the molecule is CC(=O)Nc1cc(C(=O)CSc2nnc(-c3cccnc3)n2C2CC2)ccc1O. The van der Waals surface area contributed by atoms with Gasteiger partial charge in [-0.1, -0.05) is 11.8 Å². The number of rotatable bonds is 7. The first-order chi connectivity index (χ1) is 14.0. The molecule has 2 aromatic heterocycles. The lowest BCUT2D eigenvalue weighted by Crippen LogP contribution is -2.09. The molecular formula is C20H19N5O3S. The van der Waals surface area contributed by atoms with Crippen LogP contribution in [-0.2, 0) is 4.79 Å². The number of hydrogen-bond acceptors (Lipinski definition) is 7. The quantitative estimate of drug-likeness (QED) is 0.350. The van der Waals surface area contributed by atoms with Crippen LogP contribution < -0.4 is 5.32 Å². The van der Waals surface area contributed by atoms with Gasteiger partial charge in [0.05, 0.1) is 11.4 Å². The summed E-state index contributed by atoms with van der Waals surface area (Å²) in [6.45, 7) is 1.34. The molecule has 1 aliphatic rings. The summed E-state index contributed by atoms with van der Waals surface area (Å²) in [6, 6.07) is 8.56. The van der Waals surface area contributed by atoms with Crippen molar-refractivity contribution < 1.29 is 14.7 Å². The van der Waals surface area contributed by atoms with Crippen molar-refractivity contribution in [3.8, 4) is 17.1 Å². The van der Waals surface area contributed by atoms with E-state index in [1.807, 2.05) is 12.1 Å². The molecule has 29 heavy (non-hydrogen) atoms. The van der Waals surface area contributed by atoms with E-state index in [2.05, 4.69) is 25.1 Å². The van der Waals surface area contributed by atoms with Gasteiger partial charge in [0.25, 0.3) is 0 Å². The van der Waals surface area contributed by atoms with Gasteiger partial charge in [0, 0.05) is 36.5 Å². The number of nitrogens with zero attached hydrogens (tertiary/aromatic N) is 4. The molecule has 1 amide bonds.